The van der Waals surface area contributed by atoms with E-state index in [1.807, 2.05) is 6.07 Å². The normalized spacial score (nSPS) is 11.2. The van der Waals surface area contributed by atoms with Gasteiger partial charge >= 0.3 is 0 Å². The molecule has 0 aliphatic carbocycles. The Morgan fingerprint density at radius 1 is 1.50 bits per heavy atom. The fourth-order valence-corrected chi connectivity index (χ4v) is 1.78. The van der Waals surface area contributed by atoms with Crippen LogP contribution in [0.5, 0.6) is 0 Å². The molecule has 0 aromatic heterocycles. The van der Waals surface area contributed by atoms with Crippen LogP contribution in [0, 0.1) is 0 Å². The van der Waals surface area contributed by atoms with Gasteiger partial charge in [0.25, 0.3) is 10.1 Å². The van der Waals surface area contributed by atoms with Crippen LogP contribution in [0.1, 0.15) is 11.1 Å². The molecule has 0 heterocycles. The molecule has 0 unspecified atom stereocenters. The van der Waals surface area contributed by atoms with Crippen LogP contribution >= 0.6 is 0 Å². The molecule has 0 N–H and O–H groups in total. The van der Waals surface area contributed by atoms with Crippen molar-refractivity contribution in [2.24, 2.45) is 0 Å². The zero-order chi connectivity index (χ0) is 10.6. The van der Waals surface area contributed by atoms with E-state index < -0.39 is 10.1 Å². The van der Waals surface area contributed by atoms with Crippen molar-refractivity contribution in [2.45, 2.75) is 5.75 Å². The number of hydrogen-bond acceptors (Lipinski definition) is 3. The van der Waals surface area contributed by atoms with Gasteiger partial charge in [-0.25, -0.2) is 0 Å². The van der Waals surface area contributed by atoms with E-state index in [2.05, 4.69) is 10.8 Å². The van der Waals surface area contributed by atoms with E-state index in [1.165, 1.54) is 0 Å². The lowest BCUT2D eigenvalue weighted by Crippen LogP contribution is -2.05. The first-order valence-corrected chi connectivity index (χ1v) is 5.65. The molecule has 0 radical (unpaired) electrons. The molecule has 1 rings (SSSR count). The van der Waals surface area contributed by atoms with E-state index >= 15 is 0 Å². The van der Waals surface area contributed by atoms with Gasteiger partial charge in [0.15, 0.2) is 0 Å². The smallest absolute Gasteiger partial charge is 0.271 e. The average Bonchev–Trinajstić information content (AvgIpc) is 2.17. The Morgan fingerprint density at radius 3 is 2.79 bits per heavy atom. The molecule has 0 bridgehead atoms. The van der Waals surface area contributed by atoms with Crippen LogP contribution in [-0.4, -0.2) is 15.5 Å². The fourth-order valence-electron chi connectivity index (χ4n) is 1.07. The fraction of sp³-hybridized carbons (Fsp3) is 0.200. The van der Waals surface area contributed by atoms with Gasteiger partial charge in [0.05, 0.1) is 7.11 Å². The molecule has 1 aromatic carbocycles. The minimum atomic E-state index is -3.43. The topological polar surface area (TPSA) is 43.4 Å². The second-order valence-electron chi connectivity index (χ2n) is 2.82. The minimum Gasteiger partial charge on any atom is -0.273 e. The molecule has 76 valence electrons. The third-order valence-corrected chi connectivity index (χ3v) is 2.98. The van der Waals surface area contributed by atoms with Gasteiger partial charge in [0.1, 0.15) is 5.75 Å². The maximum atomic E-state index is 11.1. The molecule has 0 amide bonds. The summed E-state index contributed by atoms with van der Waals surface area (Å²) in [6.45, 7) is 3.61. The first kappa shape index (κ1) is 10.9. The van der Waals surface area contributed by atoms with Crippen LogP contribution in [-0.2, 0) is 20.1 Å². The number of rotatable bonds is 4. The van der Waals surface area contributed by atoms with Gasteiger partial charge in [0, 0.05) is 0 Å². The molecule has 1 aromatic rings. The molecule has 0 saturated heterocycles. The number of benzene rings is 1. The van der Waals surface area contributed by atoms with Gasteiger partial charge in [-0.2, -0.15) is 8.42 Å². The molecule has 0 spiro atoms. The quantitative estimate of drug-likeness (QED) is 0.715. The summed E-state index contributed by atoms with van der Waals surface area (Å²) in [6.07, 6.45) is 1.67. The second kappa shape index (κ2) is 4.39. The maximum Gasteiger partial charge on any atom is 0.271 e. The van der Waals surface area contributed by atoms with Crippen LogP contribution in [0.3, 0.4) is 0 Å². The molecular weight excluding hydrogens is 200 g/mol. The van der Waals surface area contributed by atoms with Crippen molar-refractivity contribution in [1.29, 1.82) is 0 Å². The molecular formula is C10H12O3S. The van der Waals surface area contributed by atoms with Crippen LogP contribution in [0.25, 0.3) is 6.08 Å². The largest absolute Gasteiger partial charge is 0.273 e. The molecule has 0 aliphatic heterocycles. The standard InChI is InChI=1S/C10H12O3S/c1-3-9-5-4-6-10(7-9)8-14(11,12)13-2/h3-7H,1,8H2,2H3. The molecule has 0 atom stereocenters. The first-order chi connectivity index (χ1) is 6.57. The van der Waals surface area contributed by atoms with Gasteiger partial charge in [-0.05, 0) is 11.1 Å². The van der Waals surface area contributed by atoms with E-state index in [9.17, 15) is 8.42 Å². The predicted molar refractivity (Wildman–Crippen MR) is 56.2 cm³/mol. The molecule has 0 saturated carbocycles. The summed E-state index contributed by atoms with van der Waals surface area (Å²) in [4.78, 5) is 0. The minimum absolute atomic E-state index is 0.106. The highest BCUT2D eigenvalue weighted by Gasteiger charge is 2.09. The van der Waals surface area contributed by atoms with Gasteiger partial charge in [-0.15, -0.1) is 0 Å². The van der Waals surface area contributed by atoms with Crippen molar-refractivity contribution < 1.29 is 12.6 Å². The van der Waals surface area contributed by atoms with E-state index in [0.29, 0.717) is 5.56 Å². The van der Waals surface area contributed by atoms with Crippen molar-refractivity contribution in [1.82, 2.24) is 0 Å². The summed E-state index contributed by atoms with van der Waals surface area (Å²) in [5.74, 6) is -0.106. The molecule has 0 fully saturated rings. The number of hydrogen-bond donors (Lipinski definition) is 0. The molecule has 3 nitrogen and oxygen atoms in total. The molecule has 4 heteroatoms. The van der Waals surface area contributed by atoms with Gasteiger partial charge < -0.3 is 0 Å². The van der Waals surface area contributed by atoms with E-state index in [1.54, 1.807) is 24.3 Å². The second-order valence-corrected chi connectivity index (χ2v) is 4.56. The summed E-state index contributed by atoms with van der Waals surface area (Å²) in [5, 5.41) is 0. The summed E-state index contributed by atoms with van der Waals surface area (Å²) < 4.78 is 26.6. The summed E-state index contributed by atoms with van der Waals surface area (Å²) in [5.41, 5.74) is 1.60. The highest BCUT2D eigenvalue weighted by atomic mass is 32.2. The third kappa shape index (κ3) is 2.97. The van der Waals surface area contributed by atoms with Crippen molar-refractivity contribution in [2.75, 3.05) is 7.11 Å². The van der Waals surface area contributed by atoms with Crippen molar-refractivity contribution >= 4 is 16.2 Å². The average molecular weight is 212 g/mol. The Balaban J connectivity index is 2.92. The monoisotopic (exact) mass is 212 g/mol. The Hall–Kier alpha value is -1.13. The van der Waals surface area contributed by atoms with Crippen LogP contribution in [0.2, 0.25) is 0 Å². The zero-order valence-electron chi connectivity index (χ0n) is 7.93. The van der Waals surface area contributed by atoms with Crippen LogP contribution in [0.15, 0.2) is 30.8 Å². The van der Waals surface area contributed by atoms with Gasteiger partial charge in [0.2, 0.25) is 0 Å². The van der Waals surface area contributed by atoms with Crippen LogP contribution in [0.4, 0.5) is 0 Å². The van der Waals surface area contributed by atoms with Crippen LogP contribution < -0.4 is 0 Å². The third-order valence-electron chi connectivity index (χ3n) is 1.78. The van der Waals surface area contributed by atoms with E-state index in [4.69, 9.17) is 0 Å². The predicted octanol–water partition coefficient (Wildman–Crippen LogP) is 1.81. The Labute approximate surface area is 84.1 Å². The van der Waals surface area contributed by atoms with Crippen molar-refractivity contribution in [3.63, 3.8) is 0 Å². The van der Waals surface area contributed by atoms with Gasteiger partial charge in [-0.3, -0.25) is 4.18 Å². The van der Waals surface area contributed by atoms with Crippen molar-refractivity contribution in [3.05, 3.63) is 42.0 Å². The van der Waals surface area contributed by atoms with Crippen molar-refractivity contribution in [3.8, 4) is 0 Å². The van der Waals surface area contributed by atoms with Gasteiger partial charge in [-0.1, -0.05) is 36.9 Å². The zero-order valence-corrected chi connectivity index (χ0v) is 8.75. The first-order valence-electron chi connectivity index (χ1n) is 4.07. The lowest BCUT2D eigenvalue weighted by molar-refractivity contribution is 0.397. The highest BCUT2D eigenvalue weighted by Crippen LogP contribution is 2.10. The molecule has 14 heavy (non-hydrogen) atoms. The molecule has 0 aliphatic rings. The Kier molecular flexibility index (Phi) is 3.43. The summed E-state index contributed by atoms with van der Waals surface area (Å²) in [7, 11) is -2.27. The Morgan fingerprint density at radius 2 is 2.21 bits per heavy atom. The lowest BCUT2D eigenvalue weighted by Gasteiger charge is -2.02. The maximum absolute atomic E-state index is 11.1. The highest BCUT2D eigenvalue weighted by molar-refractivity contribution is 7.85. The SMILES string of the molecule is C=Cc1cccc(CS(=O)(=O)OC)c1. The van der Waals surface area contributed by atoms with E-state index in [-0.39, 0.29) is 5.75 Å². The van der Waals surface area contributed by atoms with E-state index in [0.717, 1.165) is 12.7 Å². The summed E-state index contributed by atoms with van der Waals surface area (Å²) >= 11 is 0. The lowest BCUT2D eigenvalue weighted by atomic mass is 10.1. The Bertz CT molecular complexity index is 421. The summed E-state index contributed by atoms with van der Waals surface area (Å²) in [6, 6.07) is 7.15.